The third kappa shape index (κ3) is 1.80. The molecule has 0 saturated carbocycles. The molecule has 3 rings (SSSR count). The van der Waals surface area contributed by atoms with E-state index in [0.717, 1.165) is 48.6 Å². The fourth-order valence-corrected chi connectivity index (χ4v) is 2.24. The first-order valence-electron chi connectivity index (χ1n) is 5.82. The van der Waals surface area contributed by atoms with Gasteiger partial charge < -0.3 is 15.4 Å². The number of nitrogens with two attached hydrogens (primary N) is 1. The SMILES string of the molecule is Nc1cccc2c(N3CCOCC3)nccc12. The van der Waals surface area contributed by atoms with Gasteiger partial charge in [0.1, 0.15) is 5.82 Å². The van der Waals surface area contributed by atoms with Crippen molar-refractivity contribution in [3.05, 3.63) is 30.5 Å². The molecule has 2 N–H and O–H groups in total. The van der Waals surface area contributed by atoms with Crippen molar-refractivity contribution in [2.75, 3.05) is 36.9 Å². The molecule has 0 atom stereocenters. The van der Waals surface area contributed by atoms with Crippen LogP contribution in [-0.2, 0) is 4.74 Å². The van der Waals surface area contributed by atoms with Crippen molar-refractivity contribution in [3.63, 3.8) is 0 Å². The lowest BCUT2D eigenvalue weighted by Gasteiger charge is -2.28. The van der Waals surface area contributed by atoms with E-state index in [-0.39, 0.29) is 0 Å². The summed E-state index contributed by atoms with van der Waals surface area (Å²) < 4.78 is 5.36. The Balaban J connectivity index is 2.12. The van der Waals surface area contributed by atoms with Crippen LogP contribution in [0.4, 0.5) is 11.5 Å². The largest absolute Gasteiger partial charge is 0.398 e. The van der Waals surface area contributed by atoms with Crippen molar-refractivity contribution in [3.8, 4) is 0 Å². The van der Waals surface area contributed by atoms with Crippen LogP contribution in [0.25, 0.3) is 10.8 Å². The molecule has 0 spiro atoms. The van der Waals surface area contributed by atoms with Crippen LogP contribution >= 0.6 is 0 Å². The van der Waals surface area contributed by atoms with Crippen LogP contribution in [0.5, 0.6) is 0 Å². The molecule has 1 aromatic heterocycles. The molecule has 4 nitrogen and oxygen atoms in total. The molecule has 1 aromatic carbocycles. The molecule has 1 saturated heterocycles. The number of ether oxygens (including phenoxy) is 1. The number of rotatable bonds is 1. The first-order valence-corrected chi connectivity index (χ1v) is 5.82. The molecule has 2 heterocycles. The quantitative estimate of drug-likeness (QED) is 0.755. The van der Waals surface area contributed by atoms with E-state index >= 15 is 0 Å². The summed E-state index contributed by atoms with van der Waals surface area (Å²) in [5.41, 5.74) is 6.79. The van der Waals surface area contributed by atoms with Crippen LogP contribution < -0.4 is 10.6 Å². The van der Waals surface area contributed by atoms with Gasteiger partial charge in [0.2, 0.25) is 0 Å². The van der Waals surface area contributed by atoms with Crippen molar-refractivity contribution in [2.45, 2.75) is 0 Å². The summed E-state index contributed by atoms with van der Waals surface area (Å²) in [6, 6.07) is 7.94. The van der Waals surface area contributed by atoms with Gasteiger partial charge in [-0.15, -0.1) is 0 Å². The summed E-state index contributed by atoms with van der Waals surface area (Å²) in [7, 11) is 0. The second kappa shape index (κ2) is 4.22. The predicted octanol–water partition coefficient (Wildman–Crippen LogP) is 1.65. The molecule has 17 heavy (non-hydrogen) atoms. The fourth-order valence-electron chi connectivity index (χ4n) is 2.24. The zero-order valence-corrected chi connectivity index (χ0v) is 9.60. The van der Waals surface area contributed by atoms with Gasteiger partial charge in [-0.2, -0.15) is 0 Å². The van der Waals surface area contributed by atoms with Crippen LogP contribution in [0.2, 0.25) is 0 Å². The molecular formula is C13H15N3O. The maximum atomic E-state index is 5.98. The smallest absolute Gasteiger partial charge is 0.136 e. The summed E-state index contributed by atoms with van der Waals surface area (Å²) in [6.07, 6.45) is 1.82. The third-order valence-corrected chi connectivity index (χ3v) is 3.13. The Morgan fingerprint density at radius 2 is 1.94 bits per heavy atom. The van der Waals surface area contributed by atoms with Gasteiger partial charge in [-0.25, -0.2) is 4.98 Å². The maximum Gasteiger partial charge on any atom is 0.136 e. The molecule has 0 unspecified atom stereocenters. The number of aromatic nitrogens is 1. The normalized spacial score (nSPS) is 16.4. The van der Waals surface area contributed by atoms with E-state index in [1.165, 1.54) is 0 Å². The Hall–Kier alpha value is -1.81. The van der Waals surface area contributed by atoms with Crippen LogP contribution in [0.15, 0.2) is 30.5 Å². The van der Waals surface area contributed by atoms with E-state index in [4.69, 9.17) is 10.5 Å². The van der Waals surface area contributed by atoms with E-state index in [1.54, 1.807) is 0 Å². The van der Waals surface area contributed by atoms with Gasteiger partial charge in [0, 0.05) is 35.7 Å². The lowest BCUT2D eigenvalue weighted by molar-refractivity contribution is 0.122. The highest BCUT2D eigenvalue weighted by atomic mass is 16.5. The monoisotopic (exact) mass is 229 g/mol. The number of pyridine rings is 1. The molecule has 2 aromatic rings. The molecule has 1 aliphatic rings. The highest BCUT2D eigenvalue weighted by Gasteiger charge is 2.15. The molecule has 1 aliphatic heterocycles. The van der Waals surface area contributed by atoms with E-state index in [1.807, 2.05) is 24.4 Å². The zero-order chi connectivity index (χ0) is 11.7. The van der Waals surface area contributed by atoms with Crippen molar-refractivity contribution < 1.29 is 4.74 Å². The van der Waals surface area contributed by atoms with E-state index in [0.29, 0.717) is 0 Å². The summed E-state index contributed by atoms with van der Waals surface area (Å²) in [4.78, 5) is 6.74. The lowest BCUT2D eigenvalue weighted by Crippen LogP contribution is -2.36. The standard InChI is InChI=1S/C13H15N3O/c14-12-3-1-2-11-10(12)4-5-15-13(11)16-6-8-17-9-7-16/h1-5H,6-9,14H2. The number of nitrogens with zero attached hydrogens (tertiary/aromatic N) is 2. The Kier molecular flexibility index (Phi) is 2.57. The number of hydrogen-bond acceptors (Lipinski definition) is 4. The summed E-state index contributed by atoms with van der Waals surface area (Å²) >= 11 is 0. The number of anilines is 2. The average Bonchev–Trinajstić information content (AvgIpc) is 2.40. The van der Waals surface area contributed by atoms with E-state index in [2.05, 4.69) is 16.0 Å². The van der Waals surface area contributed by atoms with Gasteiger partial charge >= 0.3 is 0 Å². The third-order valence-electron chi connectivity index (χ3n) is 3.13. The number of fused-ring (bicyclic) bond motifs is 1. The van der Waals surface area contributed by atoms with Gasteiger partial charge in [-0.1, -0.05) is 12.1 Å². The second-order valence-corrected chi connectivity index (χ2v) is 4.18. The van der Waals surface area contributed by atoms with Crippen molar-refractivity contribution in [1.29, 1.82) is 0 Å². The Morgan fingerprint density at radius 3 is 2.76 bits per heavy atom. The molecule has 0 bridgehead atoms. The van der Waals surface area contributed by atoms with Gasteiger partial charge in [0.05, 0.1) is 13.2 Å². The first kappa shape index (κ1) is 10.4. The molecule has 0 amide bonds. The van der Waals surface area contributed by atoms with Crippen LogP contribution in [0.1, 0.15) is 0 Å². The number of benzene rings is 1. The second-order valence-electron chi connectivity index (χ2n) is 4.18. The maximum absolute atomic E-state index is 5.98. The minimum Gasteiger partial charge on any atom is -0.398 e. The highest BCUT2D eigenvalue weighted by Crippen LogP contribution is 2.28. The highest BCUT2D eigenvalue weighted by molar-refractivity contribution is 5.99. The van der Waals surface area contributed by atoms with Crippen LogP contribution in [0, 0.1) is 0 Å². The molecular weight excluding hydrogens is 214 g/mol. The molecule has 0 radical (unpaired) electrons. The fraction of sp³-hybridized carbons (Fsp3) is 0.308. The number of hydrogen-bond donors (Lipinski definition) is 1. The van der Waals surface area contributed by atoms with Crippen molar-refractivity contribution in [1.82, 2.24) is 4.98 Å². The average molecular weight is 229 g/mol. The molecule has 0 aliphatic carbocycles. The van der Waals surface area contributed by atoms with Gasteiger partial charge in [0.15, 0.2) is 0 Å². The summed E-state index contributed by atoms with van der Waals surface area (Å²) in [5, 5.41) is 2.19. The van der Waals surface area contributed by atoms with E-state index < -0.39 is 0 Å². The van der Waals surface area contributed by atoms with Gasteiger partial charge in [-0.05, 0) is 12.1 Å². The Bertz CT molecular complexity index is 535. The number of nitrogen functional groups attached to an aromatic ring is 1. The van der Waals surface area contributed by atoms with Crippen molar-refractivity contribution in [2.24, 2.45) is 0 Å². The van der Waals surface area contributed by atoms with Gasteiger partial charge in [-0.3, -0.25) is 0 Å². The minimum atomic E-state index is 0.764. The number of morpholine rings is 1. The summed E-state index contributed by atoms with van der Waals surface area (Å²) in [6.45, 7) is 3.31. The van der Waals surface area contributed by atoms with Gasteiger partial charge in [0.25, 0.3) is 0 Å². The van der Waals surface area contributed by atoms with Crippen LogP contribution in [0.3, 0.4) is 0 Å². The first-order chi connectivity index (χ1) is 8.36. The predicted molar refractivity (Wildman–Crippen MR) is 69.2 cm³/mol. The minimum absolute atomic E-state index is 0.764. The van der Waals surface area contributed by atoms with Crippen molar-refractivity contribution >= 4 is 22.3 Å². The Labute approximate surface area is 100.0 Å². The molecule has 88 valence electrons. The lowest BCUT2D eigenvalue weighted by atomic mass is 10.1. The zero-order valence-electron chi connectivity index (χ0n) is 9.60. The van der Waals surface area contributed by atoms with E-state index in [9.17, 15) is 0 Å². The molecule has 4 heteroatoms. The summed E-state index contributed by atoms with van der Waals surface area (Å²) in [5.74, 6) is 1.01. The molecule has 1 fully saturated rings. The van der Waals surface area contributed by atoms with Crippen LogP contribution in [-0.4, -0.2) is 31.3 Å². The Morgan fingerprint density at radius 1 is 1.12 bits per heavy atom. The topological polar surface area (TPSA) is 51.4 Å².